The topological polar surface area (TPSA) is 40.5 Å². The maximum atomic E-state index is 10.7. The Morgan fingerprint density at radius 1 is 1.62 bits per heavy atom. The Morgan fingerprint density at radius 2 is 2.38 bits per heavy atom. The van der Waals surface area contributed by atoms with E-state index in [0.29, 0.717) is 5.92 Å². The van der Waals surface area contributed by atoms with Gasteiger partial charge < -0.3 is 5.11 Å². The second kappa shape index (κ2) is 4.55. The highest BCUT2D eigenvalue weighted by atomic mass is 79.9. The molecule has 0 aliphatic carbocycles. The van der Waals surface area contributed by atoms with Gasteiger partial charge in [0, 0.05) is 17.6 Å². The van der Waals surface area contributed by atoms with E-state index in [-0.39, 0.29) is 6.54 Å². The number of hydrogen-bond acceptors (Lipinski definition) is 2. The van der Waals surface area contributed by atoms with Crippen molar-refractivity contribution >= 4 is 21.9 Å². The lowest BCUT2D eigenvalue weighted by Crippen LogP contribution is -2.36. The Balaban J connectivity index is 2.26. The summed E-state index contributed by atoms with van der Waals surface area (Å²) >= 11 is 3.56. The number of benzene rings is 1. The number of carboxylic acid groups (broad SMARTS) is 1. The largest absolute Gasteiger partial charge is 0.480 e. The highest BCUT2D eigenvalue weighted by Gasteiger charge is 2.24. The molecular weight excluding hydrogens is 270 g/mol. The molecule has 0 fully saturated rings. The van der Waals surface area contributed by atoms with Crippen LogP contribution in [0.2, 0.25) is 0 Å². The van der Waals surface area contributed by atoms with E-state index in [2.05, 4.69) is 28.9 Å². The molecule has 1 aliphatic heterocycles. The first-order valence-electron chi connectivity index (χ1n) is 5.29. The number of fused-ring (bicyclic) bond motifs is 1. The van der Waals surface area contributed by atoms with Crippen LogP contribution in [-0.2, 0) is 11.3 Å². The van der Waals surface area contributed by atoms with Gasteiger partial charge in [-0.1, -0.05) is 35.0 Å². The fourth-order valence-electron chi connectivity index (χ4n) is 2.37. The number of carbonyl (C=O) groups is 1. The summed E-state index contributed by atoms with van der Waals surface area (Å²) in [5, 5.41) is 8.80. The van der Waals surface area contributed by atoms with Crippen LogP contribution in [0.1, 0.15) is 24.0 Å². The molecule has 86 valence electrons. The molecule has 0 spiro atoms. The first kappa shape index (κ1) is 11.6. The predicted molar refractivity (Wildman–Crippen MR) is 65.5 cm³/mol. The lowest BCUT2D eigenvalue weighted by atomic mass is 9.91. The molecule has 1 heterocycles. The molecule has 1 aromatic carbocycles. The third-order valence-electron chi connectivity index (χ3n) is 2.92. The maximum absolute atomic E-state index is 10.7. The van der Waals surface area contributed by atoms with Crippen LogP contribution in [-0.4, -0.2) is 29.1 Å². The van der Waals surface area contributed by atoms with Crippen molar-refractivity contribution in [3.63, 3.8) is 0 Å². The zero-order valence-corrected chi connectivity index (χ0v) is 10.7. The van der Waals surface area contributed by atoms with Crippen molar-refractivity contribution in [3.8, 4) is 0 Å². The van der Waals surface area contributed by atoms with Crippen LogP contribution in [0.5, 0.6) is 0 Å². The normalized spacial score (nSPS) is 20.5. The van der Waals surface area contributed by atoms with Gasteiger partial charge >= 0.3 is 5.97 Å². The lowest BCUT2D eigenvalue weighted by molar-refractivity contribution is -0.138. The van der Waals surface area contributed by atoms with Crippen molar-refractivity contribution in [1.82, 2.24) is 4.90 Å². The van der Waals surface area contributed by atoms with E-state index in [9.17, 15) is 4.79 Å². The predicted octanol–water partition coefficient (Wildman–Crippen LogP) is 2.45. The van der Waals surface area contributed by atoms with Gasteiger partial charge in [0.1, 0.15) is 0 Å². The van der Waals surface area contributed by atoms with Gasteiger partial charge in [0.15, 0.2) is 0 Å². The third kappa shape index (κ3) is 2.28. The Labute approximate surface area is 103 Å². The molecule has 2 rings (SSSR count). The standard InChI is InChI=1S/C12H14BrNO2/c1-8-5-14(7-11(15)16)6-9-3-2-4-10(13)12(8)9/h2-4,8H,5-7H2,1H3,(H,15,16). The molecule has 0 bridgehead atoms. The number of rotatable bonds is 2. The number of halogens is 1. The average Bonchev–Trinajstić information content (AvgIpc) is 2.15. The minimum atomic E-state index is -0.759. The van der Waals surface area contributed by atoms with Crippen molar-refractivity contribution in [2.45, 2.75) is 19.4 Å². The Bertz CT molecular complexity index is 419. The molecule has 0 saturated carbocycles. The quantitative estimate of drug-likeness (QED) is 0.907. The van der Waals surface area contributed by atoms with Crippen LogP contribution in [0.3, 0.4) is 0 Å². The number of hydrogen-bond donors (Lipinski definition) is 1. The molecule has 3 nitrogen and oxygen atoms in total. The van der Waals surface area contributed by atoms with E-state index < -0.39 is 5.97 Å². The highest BCUT2D eigenvalue weighted by molar-refractivity contribution is 9.10. The van der Waals surface area contributed by atoms with Crippen molar-refractivity contribution in [2.75, 3.05) is 13.1 Å². The molecule has 1 N–H and O–H groups in total. The summed E-state index contributed by atoms with van der Waals surface area (Å²) in [7, 11) is 0. The number of carboxylic acids is 1. The minimum Gasteiger partial charge on any atom is -0.480 e. The van der Waals surface area contributed by atoms with Crippen LogP contribution >= 0.6 is 15.9 Å². The van der Waals surface area contributed by atoms with Crippen LogP contribution in [0.15, 0.2) is 22.7 Å². The van der Waals surface area contributed by atoms with Gasteiger partial charge in [-0.3, -0.25) is 9.69 Å². The summed E-state index contributed by atoms with van der Waals surface area (Å²) in [4.78, 5) is 12.7. The molecule has 1 aliphatic rings. The van der Waals surface area contributed by atoms with E-state index in [1.54, 1.807) is 0 Å². The Morgan fingerprint density at radius 3 is 3.06 bits per heavy atom. The van der Waals surface area contributed by atoms with E-state index in [1.165, 1.54) is 11.1 Å². The van der Waals surface area contributed by atoms with Crippen LogP contribution in [0, 0.1) is 0 Å². The summed E-state index contributed by atoms with van der Waals surface area (Å²) in [5.41, 5.74) is 2.55. The number of aliphatic carboxylic acids is 1. The van der Waals surface area contributed by atoms with E-state index in [4.69, 9.17) is 5.11 Å². The van der Waals surface area contributed by atoms with Crippen molar-refractivity contribution in [2.24, 2.45) is 0 Å². The summed E-state index contributed by atoms with van der Waals surface area (Å²) < 4.78 is 1.13. The lowest BCUT2D eigenvalue weighted by Gasteiger charge is -2.32. The second-order valence-corrected chi connectivity index (χ2v) is 5.13. The van der Waals surface area contributed by atoms with Gasteiger partial charge in [0.2, 0.25) is 0 Å². The summed E-state index contributed by atoms with van der Waals surface area (Å²) in [6.45, 7) is 3.79. The van der Waals surface area contributed by atoms with Crippen molar-refractivity contribution in [1.29, 1.82) is 0 Å². The highest BCUT2D eigenvalue weighted by Crippen LogP contribution is 2.33. The third-order valence-corrected chi connectivity index (χ3v) is 3.61. The van der Waals surface area contributed by atoms with Gasteiger partial charge in [-0.15, -0.1) is 0 Å². The molecule has 0 saturated heterocycles. The Hall–Kier alpha value is -0.870. The molecule has 0 amide bonds. The van der Waals surface area contributed by atoms with E-state index in [1.807, 2.05) is 17.0 Å². The maximum Gasteiger partial charge on any atom is 0.317 e. The van der Waals surface area contributed by atoms with Crippen molar-refractivity contribution in [3.05, 3.63) is 33.8 Å². The van der Waals surface area contributed by atoms with E-state index in [0.717, 1.165) is 17.6 Å². The van der Waals surface area contributed by atoms with Gasteiger partial charge in [-0.05, 0) is 23.1 Å². The monoisotopic (exact) mass is 283 g/mol. The fraction of sp³-hybridized carbons (Fsp3) is 0.417. The number of nitrogens with zero attached hydrogens (tertiary/aromatic N) is 1. The zero-order chi connectivity index (χ0) is 11.7. The van der Waals surface area contributed by atoms with E-state index >= 15 is 0 Å². The molecule has 1 aromatic rings. The molecule has 1 atom stereocenters. The summed E-state index contributed by atoms with van der Waals surface area (Å²) in [6, 6.07) is 6.12. The smallest absolute Gasteiger partial charge is 0.317 e. The molecule has 0 radical (unpaired) electrons. The fourth-order valence-corrected chi connectivity index (χ4v) is 3.17. The minimum absolute atomic E-state index is 0.121. The first-order valence-corrected chi connectivity index (χ1v) is 6.08. The molecule has 0 aromatic heterocycles. The zero-order valence-electron chi connectivity index (χ0n) is 9.11. The molecule has 1 unspecified atom stereocenters. The van der Waals surface area contributed by atoms with Gasteiger partial charge in [-0.25, -0.2) is 0 Å². The van der Waals surface area contributed by atoms with Gasteiger partial charge in [0.25, 0.3) is 0 Å². The molecule has 4 heteroatoms. The average molecular weight is 284 g/mol. The second-order valence-electron chi connectivity index (χ2n) is 4.28. The van der Waals surface area contributed by atoms with Crippen LogP contribution in [0.4, 0.5) is 0 Å². The Kier molecular flexibility index (Phi) is 3.30. The van der Waals surface area contributed by atoms with Crippen LogP contribution < -0.4 is 0 Å². The summed E-state index contributed by atoms with van der Waals surface area (Å²) in [6.07, 6.45) is 0. The van der Waals surface area contributed by atoms with Crippen molar-refractivity contribution < 1.29 is 9.90 Å². The molecule has 16 heavy (non-hydrogen) atoms. The van der Waals surface area contributed by atoms with Crippen LogP contribution in [0.25, 0.3) is 0 Å². The summed E-state index contributed by atoms with van der Waals surface area (Å²) in [5.74, 6) is -0.385. The molecular formula is C12H14BrNO2. The van der Waals surface area contributed by atoms with Gasteiger partial charge in [0.05, 0.1) is 6.54 Å². The van der Waals surface area contributed by atoms with Gasteiger partial charge in [-0.2, -0.15) is 0 Å². The SMILES string of the molecule is CC1CN(CC(=O)O)Cc2cccc(Br)c21. The first-order chi connectivity index (χ1) is 7.58.